The van der Waals surface area contributed by atoms with Gasteiger partial charge >= 0.3 is 0 Å². The molecule has 0 aromatic heterocycles. The van der Waals surface area contributed by atoms with E-state index in [9.17, 15) is 10.1 Å². The minimum Gasteiger partial charge on any atom is -0.300 e. The van der Waals surface area contributed by atoms with Crippen LogP contribution in [-0.4, -0.2) is 5.78 Å². The van der Waals surface area contributed by atoms with Crippen LogP contribution in [0.2, 0.25) is 0 Å². The van der Waals surface area contributed by atoms with E-state index in [0.717, 1.165) is 0 Å². The standard InChI is InChI=1S/C17H20FNO/c1-15(2)9-14(20)10-16(3,11-15)17(18,12-19)13-7-5-4-6-8-13/h4-8H,9-11H2,1-3H3/t16-,17-/m1/s1. The van der Waals surface area contributed by atoms with Crippen LogP contribution >= 0.6 is 0 Å². The zero-order chi connectivity index (χ0) is 15.0. The smallest absolute Gasteiger partial charge is 0.226 e. The lowest BCUT2D eigenvalue weighted by atomic mass is 9.57. The van der Waals surface area contributed by atoms with Crippen molar-refractivity contribution in [3.8, 4) is 6.07 Å². The zero-order valence-electron chi connectivity index (χ0n) is 12.2. The molecule has 0 aliphatic heterocycles. The number of hydrogen-bond acceptors (Lipinski definition) is 2. The molecular formula is C17H20FNO. The third kappa shape index (κ3) is 2.35. The highest BCUT2D eigenvalue weighted by Crippen LogP contribution is 2.55. The molecule has 0 radical (unpaired) electrons. The summed E-state index contributed by atoms with van der Waals surface area (Å²) in [4.78, 5) is 12.0. The predicted molar refractivity (Wildman–Crippen MR) is 75.6 cm³/mol. The molecule has 2 rings (SSSR count). The number of ketones is 1. The van der Waals surface area contributed by atoms with Gasteiger partial charge in [-0.25, -0.2) is 4.39 Å². The van der Waals surface area contributed by atoms with E-state index in [1.54, 1.807) is 37.3 Å². The van der Waals surface area contributed by atoms with E-state index >= 15 is 4.39 Å². The van der Waals surface area contributed by atoms with Gasteiger partial charge < -0.3 is 0 Å². The summed E-state index contributed by atoms with van der Waals surface area (Å²) in [7, 11) is 0. The fourth-order valence-corrected chi connectivity index (χ4v) is 3.67. The fourth-order valence-electron chi connectivity index (χ4n) is 3.67. The molecule has 1 aromatic rings. The first-order valence-corrected chi connectivity index (χ1v) is 6.90. The largest absolute Gasteiger partial charge is 0.300 e. The van der Waals surface area contributed by atoms with Crippen molar-refractivity contribution in [1.82, 2.24) is 0 Å². The van der Waals surface area contributed by atoms with Gasteiger partial charge in [-0.2, -0.15) is 5.26 Å². The van der Waals surface area contributed by atoms with E-state index in [2.05, 4.69) is 0 Å². The third-order valence-electron chi connectivity index (χ3n) is 4.29. The Morgan fingerprint density at radius 2 is 1.80 bits per heavy atom. The number of carbonyl (C=O) groups is 1. The molecule has 1 aliphatic rings. The average Bonchev–Trinajstić information content (AvgIpc) is 2.35. The molecule has 0 heterocycles. The molecule has 0 bridgehead atoms. The maximum atomic E-state index is 15.5. The van der Waals surface area contributed by atoms with Gasteiger partial charge in [-0.3, -0.25) is 4.79 Å². The van der Waals surface area contributed by atoms with Crippen molar-refractivity contribution in [1.29, 1.82) is 5.26 Å². The molecule has 0 unspecified atom stereocenters. The van der Waals surface area contributed by atoms with Gasteiger partial charge in [0.2, 0.25) is 5.67 Å². The van der Waals surface area contributed by atoms with Gasteiger partial charge in [-0.1, -0.05) is 51.1 Å². The van der Waals surface area contributed by atoms with E-state index in [1.165, 1.54) is 0 Å². The molecule has 3 heteroatoms. The van der Waals surface area contributed by atoms with Crippen molar-refractivity contribution < 1.29 is 9.18 Å². The van der Waals surface area contributed by atoms with Gasteiger partial charge in [0, 0.05) is 23.8 Å². The number of nitrogens with zero attached hydrogens (tertiary/aromatic N) is 1. The Labute approximate surface area is 119 Å². The number of halogens is 1. The van der Waals surface area contributed by atoms with Crippen LogP contribution in [0.4, 0.5) is 4.39 Å². The lowest BCUT2D eigenvalue weighted by Gasteiger charge is -2.47. The molecule has 1 fully saturated rings. The summed E-state index contributed by atoms with van der Waals surface area (Å²) in [6.45, 7) is 5.65. The minimum absolute atomic E-state index is 0.0388. The SMILES string of the molecule is CC1(C)CC(=O)C[C@@](C)([C@@](F)(C#N)c2ccccc2)C1. The van der Waals surface area contributed by atoms with Gasteiger partial charge in [0.25, 0.3) is 0 Å². The highest BCUT2D eigenvalue weighted by Gasteiger charge is 2.56. The fraction of sp³-hybridized carbons (Fsp3) is 0.529. The predicted octanol–water partition coefficient (Wildman–Crippen LogP) is 4.16. The molecule has 1 aromatic carbocycles. The molecule has 1 saturated carbocycles. The van der Waals surface area contributed by atoms with Crippen LogP contribution in [0.5, 0.6) is 0 Å². The molecule has 0 saturated heterocycles. The van der Waals surface area contributed by atoms with Crippen LogP contribution in [0.25, 0.3) is 0 Å². The summed E-state index contributed by atoms with van der Waals surface area (Å²) in [6.07, 6.45) is 1.10. The summed E-state index contributed by atoms with van der Waals surface area (Å²) >= 11 is 0. The van der Waals surface area contributed by atoms with Gasteiger partial charge in [-0.15, -0.1) is 0 Å². The van der Waals surface area contributed by atoms with E-state index < -0.39 is 11.1 Å². The van der Waals surface area contributed by atoms with Gasteiger partial charge in [0.15, 0.2) is 0 Å². The number of alkyl halides is 1. The van der Waals surface area contributed by atoms with Crippen molar-refractivity contribution in [2.45, 2.75) is 45.7 Å². The molecule has 2 nitrogen and oxygen atoms in total. The second-order valence-corrected chi connectivity index (χ2v) is 6.93. The van der Waals surface area contributed by atoms with Crippen molar-refractivity contribution in [3.63, 3.8) is 0 Å². The second kappa shape index (κ2) is 4.70. The van der Waals surface area contributed by atoms with Gasteiger partial charge in [0.1, 0.15) is 11.9 Å². The number of benzene rings is 1. The van der Waals surface area contributed by atoms with Crippen LogP contribution < -0.4 is 0 Å². The number of carbonyl (C=O) groups excluding carboxylic acids is 1. The van der Waals surface area contributed by atoms with Crippen LogP contribution in [0.15, 0.2) is 30.3 Å². The Hall–Kier alpha value is -1.69. The summed E-state index contributed by atoms with van der Waals surface area (Å²) in [5.41, 5.74) is -3.05. The molecule has 0 N–H and O–H groups in total. The Bertz CT molecular complexity index is 560. The van der Waals surface area contributed by atoms with Crippen molar-refractivity contribution in [3.05, 3.63) is 35.9 Å². The maximum absolute atomic E-state index is 15.5. The highest BCUT2D eigenvalue weighted by molar-refractivity contribution is 5.81. The molecular weight excluding hydrogens is 253 g/mol. The van der Waals surface area contributed by atoms with Crippen LogP contribution in [0, 0.1) is 22.2 Å². The highest BCUT2D eigenvalue weighted by atomic mass is 19.1. The Morgan fingerprint density at radius 1 is 1.20 bits per heavy atom. The van der Waals surface area contributed by atoms with Crippen LogP contribution in [0.1, 0.15) is 45.6 Å². The number of hydrogen-bond donors (Lipinski definition) is 0. The van der Waals surface area contributed by atoms with Crippen molar-refractivity contribution in [2.75, 3.05) is 0 Å². The van der Waals surface area contributed by atoms with Crippen LogP contribution in [-0.2, 0) is 10.5 Å². The monoisotopic (exact) mass is 273 g/mol. The lowest BCUT2D eigenvalue weighted by molar-refractivity contribution is -0.133. The minimum atomic E-state index is -2.14. The Balaban J connectivity index is 2.50. The van der Waals surface area contributed by atoms with E-state index in [1.807, 2.05) is 19.9 Å². The summed E-state index contributed by atoms with van der Waals surface area (Å²) in [5.74, 6) is 0.0388. The average molecular weight is 273 g/mol. The molecule has 0 amide bonds. The molecule has 106 valence electrons. The topological polar surface area (TPSA) is 40.9 Å². The Kier molecular flexibility index (Phi) is 3.46. The number of Topliss-reactive ketones (excluding diaryl/α,β-unsaturated/α-hetero) is 1. The Morgan fingerprint density at radius 3 is 2.30 bits per heavy atom. The normalized spacial score (nSPS) is 28.4. The van der Waals surface area contributed by atoms with Crippen LogP contribution in [0.3, 0.4) is 0 Å². The molecule has 20 heavy (non-hydrogen) atoms. The number of rotatable bonds is 2. The quantitative estimate of drug-likeness (QED) is 0.811. The first-order chi connectivity index (χ1) is 9.22. The van der Waals surface area contributed by atoms with Gasteiger partial charge in [0.05, 0.1) is 0 Å². The first kappa shape index (κ1) is 14.7. The van der Waals surface area contributed by atoms with Crippen molar-refractivity contribution >= 4 is 5.78 Å². The third-order valence-corrected chi connectivity index (χ3v) is 4.29. The lowest BCUT2D eigenvalue weighted by Crippen LogP contribution is -2.47. The van der Waals surface area contributed by atoms with Gasteiger partial charge in [-0.05, 0) is 11.8 Å². The first-order valence-electron chi connectivity index (χ1n) is 6.90. The zero-order valence-corrected chi connectivity index (χ0v) is 12.2. The second-order valence-electron chi connectivity index (χ2n) is 6.93. The maximum Gasteiger partial charge on any atom is 0.226 e. The summed E-state index contributed by atoms with van der Waals surface area (Å²) < 4.78 is 15.5. The summed E-state index contributed by atoms with van der Waals surface area (Å²) in [6, 6.07) is 10.3. The molecule has 0 spiro atoms. The van der Waals surface area contributed by atoms with E-state index in [0.29, 0.717) is 18.4 Å². The van der Waals surface area contributed by atoms with E-state index in [4.69, 9.17) is 0 Å². The summed E-state index contributed by atoms with van der Waals surface area (Å²) in [5, 5.41) is 9.48. The molecule has 1 aliphatic carbocycles. The van der Waals surface area contributed by atoms with E-state index in [-0.39, 0.29) is 17.6 Å². The van der Waals surface area contributed by atoms with Crippen molar-refractivity contribution in [2.24, 2.45) is 10.8 Å². The number of nitriles is 1. The molecule has 2 atom stereocenters.